The first-order valence-corrected chi connectivity index (χ1v) is 7.54. The van der Waals surface area contributed by atoms with Crippen molar-refractivity contribution in [1.29, 1.82) is 0 Å². The Labute approximate surface area is 141 Å². The lowest BCUT2D eigenvalue weighted by Gasteiger charge is -2.24. The van der Waals surface area contributed by atoms with Crippen LogP contribution in [0.5, 0.6) is 0 Å². The normalized spacial score (nSPS) is 12.5. The summed E-state index contributed by atoms with van der Waals surface area (Å²) in [5, 5.41) is 2.56. The molecule has 0 aliphatic heterocycles. The van der Waals surface area contributed by atoms with Gasteiger partial charge in [-0.3, -0.25) is 4.79 Å². The zero-order valence-electron chi connectivity index (χ0n) is 14.4. The van der Waals surface area contributed by atoms with Crippen LogP contribution in [0, 0.1) is 0 Å². The molecule has 6 heteroatoms. The third kappa shape index (κ3) is 7.58. The lowest BCUT2D eigenvalue weighted by molar-refractivity contribution is -0.158. The predicted molar refractivity (Wildman–Crippen MR) is 89.1 cm³/mol. The molecule has 1 N–H and O–H groups in total. The number of nitrogens with one attached hydrogen (secondary N) is 1. The van der Waals surface area contributed by atoms with Gasteiger partial charge in [0.15, 0.2) is 0 Å². The Bertz CT molecular complexity index is 602. The van der Waals surface area contributed by atoms with Gasteiger partial charge in [0.2, 0.25) is 5.91 Å². The highest BCUT2D eigenvalue weighted by molar-refractivity contribution is 5.96. The maximum absolute atomic E-state index is 12.3. The highest BCUT2D eigenvalue weighted by Gasteiger charge is 2.26. The van der Waals surface area contributed by atoms with Crippen LogP contribution in [0.15, 0.2) is 42.5 Å². The molecular weight excluding hydrogens is 310 g/mol. The lowest BCUT2D eigenvalue weighted by atomic mass is 10.1. The van der Waals surface area contributed by atoms with E-state index in [0.717, 1.165) is 17.7 Å². The fraction of sp³-hybridized carbons (Fsp3) is 0.389. The first-order chi connectivity index (χ1) is 11.2. The van der Waals surface area contributed by atoms with Gasteiger partial charge in [-0.1, -0.05) is 30.3 Å². The largest absolute Gasteiger partial charge is 0.466 e. The maximum atomic E-state index is 12.3. The smallest absolute Gasteiger partial charge is 0.330 e. The standard InChI is InChI=1S/C18H23NO5/c1-18(2,3)24-17(22)14(12-13-8-6-5-7-9-13)19-15(20)10-11-16(21)23-4/h5-11,14H,12H2,1-4H3,(H,19,20)/b11-10+/t14-/m0/s1. The van der Waals surface area contributed by atoms with Crippen LogP contribution in [-0.2, 0) is 30.3 Å². The summed E-state index contributed by atoms with van der Waals surface area (Å²) in [7, 11) is 1.21. The number of hydrogen-bond acceptors (Lipinski definition) is 5. The minimum Gasteiger partial charge on any atom is -0.466 e. The summed E-state index contributed by atoms with van der Waals surface area (Å²) in [6.45, 7) is 5.26. The Morgan fingerprint density at radius 1 is 1.12 bits per heavy atom. The van der Waals surface area contributed by atoms with E-state index in [-0.39, 0.29) is 6.42 Å². The molecule has 0 heterocycles. The van der Waals surface area contributed by atoms with E-state index in [0.29, 0.717) is 0 Å². The number of esters is 2. The summed E-state index contributed by atoms with van der Waals surface area (Å²) in [6, 6.07) is 8.41. The Morgan fingerprint density at radius 2 is 1.75 bits per heavy atom. The molecule has 130 valence electrons. The quantitative estimate of drug-likeness (QED) is 0.634. The number of rotatable bonds is 6. The highest BCUT2D eigenvalue weighted by Crippen LogP contribution is 2.11. The van der Waals surface area contributed by atoms with Gasteiger partial charge in [0.25, 0.3) is 0 Å². The van der Waals surface area contributed by atoms with E-state index >= 15 is 0 Å². The topological polar surface area (TPSA) is 81.7 Å². The first kappa shape index (κ1) is 19.4. The summed E-state index contributed by atoms with van der Waals surface area (Å²) >= 11 is 0. The molecule has 0 saturated heterocycles. The van der Waals surface area contributed by atoms with Gasteiger partial charge >= 0.3 is 11.9 Å². The van der Waals surface area contributed by atoms with Gasteiger partial charge in [-0.15, -0.1) is 0 Å². The van der Waals surface area contributed by atoms with Crippen molar-refractivity contribution in [2.24, 2.45) is 0 Å². The van der Waals surface area contributed by atoms with Crippen LogP contribution in [0.2, 0.25) is 0 Å². The molecule has 24 heavy (non-hydrogen) atoms. The van der Waals surface area contributed by atoms with Gasteiger partial charge in [-0.05, 0) is 26.3 Å². The molecule has 0 unspecified atom stereocenters. The van der Waals surface area contributed by atoms with Crippen LogP contribution in [0.1, 0.15) is 26.3 Å². The molecule has 0 spiro atoms. The van der Waals surface area contributed by atoms with Crippen LogP contribution in [0.3, 0.4) is 0 Å². The molecule has 0 aromatic heterocycles. The molecule has 1 aromatic carbocycles. The zero-order chi connectivity index (χ0) is 18.2. The fourth-order valence-corrected chi connectivity index (χ4v) is 1.85. The van der Waals surface area contributed by atoms with Crippen molar-refractivity contribution in [1.82, 2.24) is 5.32 Å². The monoisotopic (exact) mass is 333 g/mol. The summed E-state index contributed by atoms with van der Waals surface area (Å²) in [4.78, 5) is 35.3. The van der Waals surface area contributed by atoms with Crippen molar-refractivity contribution in [2.45, 2.75) is 38.8 Å². The van der Waals surface area contributed by atoms with Crippen molar-refractivity contribution in [3.63, 3.8) is 0 Å². The Hall–Kier alpha value is -2.63. The van der Waals surface area contributed by atoms with E-state index in [1.54, 1.807) is 20.8 Å². The lowest BCUT2D eigenvalue weighted by Crippen LogP contribution is -2.45. The number of ether oxygens (including phenoxy) is 2. The van der Waals surface area contributed by atoms with Gasteiger partial charge in [0.05, 0.1) is 7.11 Å². The maximum Gasteiger partial charge on any atom is 0.330 e. The predicted octanol–water partition coefficient (Wildman–Crippen LogP) is 1.78. The van der Waals surface area contributed by atoms with Crippen LogP contribution < -0.4 is 5.32 Å². The molecule has 6 nitrogen and oxygen atoms in total. The molecule has 0 aliphatic rings. The molecule has 1 atom stereocenters. The summed E-state index contributed by atoms with van der Waals surface area (Å²) in [6.07, 6.45) is 2.30. The van der Waals surface area contributed by atoms with Gasteiger partial charge < -0.3 is 14.8 Å². The average Bonchev–Trinajstić information content (AvgIpc) is 2.51. The zero-order valence-corrected chi connectivity index (χ0v) is 14.4. The summed E-state index contributed by atoms with van der Waals surface area (Å²) in [5.41, 5.74) is 0.212. The van der Waals surface area contributed by atoms with Crippen molar-refractivity contribution in [3.8, 4) is 0 Å². The van der Waals surface area contributed by atoms with Crippen molar-refractivity contribution >= 4 is 17.8 Å². The van der Waals surface area contributed by atoms with Crippen LogP contribution in [-0.4, -0.2) is 36.6 Å². The SMILES string of the molecule is COC(=O)/C=C/C(=O)N[C@@H](Cc1ccccc1)C(=O)OC(C)(C)C. The molecule has 0 bridgehead atoms. The molecule has 0 saturated carbocycles. The van der Waals surface area contributed by atoms with E-state index in [2.05, 4.69) is 10.1 Å². The number of carbonyl (C=O) groups excluding carboxylic acids is 3. The number of methoxy groups -OCH3 is 1. The van der Waals surface area contributed by atoms with Crippen LogP contribution in [0.25, 0.3) is 0 Å². The molecule has 0 aliphatic carbocycles. The molecular formula is C18H23NO5. The van der Waals surface area contributed by atoms with Crippen molar-refractivity contribution < 1.29 is 23.9 Å². The van der Waals surface area contributed by atoms with E-state index < -0.39 is 29.5 Å². The summed E-state index contributed by atoms with van der Waals surface area (Å²) in [5.74, 6) is -1.76. The van der Waals surface area contributed by atoms with Gasteiger partial charge in [0.1, 0.15) is 11.6 Å². The Morgan fingerprint density at radius 3 is 2.29 bits per heavy atom. The third-order valence-electron chi connectivity index (χ3n) is 2.86. The Kier molecular flexibility index (Phi) is 7.17. The van der Waals surface area contributed by atoms with Gasteiger partial charge in [-0.2, -0.15) is 0 Å². The molecule has 0 fully saturated rings. The minimum atomic E-state index is -0.860. The fourth-order valence-electron chi connectivity index (χ4n) is 1.85. The number of amides is 1. The molecule has 1 aromatic rings. The number of hydrogen-bond donors (Lipinski definition) is 1. The second-order valence-electron chi connectivity index (χ2n) is 6.14. The summed E-state index contributed by atoms with van der Waals surface area (Å²) < 4.78 is 9.77. The highest BCUT2D eigenvalue weighted by atomic mass is 16.6. The van der Waals surface area contributed by atoms with Crippen LogP contribution in [0.4, 0.5) is 0 Å². The van der Waals surface area contributed by atoms with E-state index in [1.807, 2.05) is 30.3 Å². The van der Waals surface area contributed by atoms with E-state index in [4.69, 9.17) is 4.74 Å². The molecule has 1 amide bonds. The third-order valence-corrected chi connectivity index (χ3v) is 2.86. The minimum absolute atomic E-state index is 0.285. The first-order valence-electron chi connectivity index (χ1n) is 7.54. The van der Waals surface area contributed by atoms with Gasteiger partial charge in [0, 0.05) is 18.6 Å². The number of carbonyl (C=O) groups is 3. The van der Waals surface area contributed by atoms with Gasteiger partial charge in [-0.25, -0.2) is 9.59 Å². The molecule has 0 radical (unpaired) electrons. The second-order valence-corrected chi connectivity index (χ2v) is 6.14. The second kappa shape index (κ2) is 8.86. The van der Waals surface area contributed by atoms with Crippen molar-refractivity contribution in [2.75, 3.05) is 7.11 Å². The Balaban J connectivity index is 2.84. The van der Waals surface area contributed by atoms with E-state index in [9.17, 15) is 14.4 Å². The van der Waals surface area contributed by atoms with Crippen molar-refractivity contribution in [3.05, 3.63) is 48.0 Å². The average molecular weight is 333 g/mol. The van der Waals surface area contributed by atoms with E-state index in [1.165, 1.54) is 7.11 Å². The molecule has 1 rings (SSSR count). The van der Waals surface area contributed by atoms with Crippen LogP contribution >= 0.6 is 0 Å². The number of benzene rings is 1.